The van der Waals surface area contributed by atoms with E-state index >= 15 is 0 Å². The Morgan fingerprint density at radius 1 is 1.19 bits per heavy atom. The number of hydrogen-bond donors (Lipinski definition) is 2. The van der Waals surface area contributed by atoms with Crippen molar-refractivity contribution in [2.45, 2.75) is 12.8 Å². The lowest BCUT2D eigenvalue weighted by molar-refractivity contribution is -0.136. The number of ether oxygens (including phenoxy) is 1. The number of halogens is 1. The summed E-state index contributed by atoms with van der Waals surface area (Å²) in [7, 11) is 1.48. The van der Waals surface area contributed by atoms with Gasteiger partial charge >= 0.3 is 11.8 Å². The summed E-state index contributed by atoms with van der Waals surface area (Å²) < 4.78 is 11.0. The largest absolute Gasteiger partial charge is 0.495 e. The number of carbonyl (C=O) groups is 2. The highest BCUT2D eigenvalue weighted by atomic mass is 35.5. The molecule has 1 aliphatic heterocycles. The quantitative estimate of drug-likeness (QED) is 0.587. The predicted octanol–water partition coefficient (Wildman–Crippen LogP) is 3.46. The van der Waals surface area contributed by atoms with Crippen molar-refractivity contribution in [1.82, 2.24) is 10.3 Å². The van der Waals surface area contributed by atoms with Gasteiger partial charge in [0.05, 0.1) is 12.8 Å². The third-order valence-electron chi connectivity index (χ3n) is 5.33. The zero-order valence-corrected chi connectivity index (χ0v) is 17.8. The van der Waals surface area contributed by atoms with Gasteiger partial charge in [-0.15, -0.1) is 0 Å². The molecule has 1 saturated heterocycles. The summed E-state index contributed by atoms with van der Waals surface area (Å²) in [5.74, 6) is -0.747. The van der Waals surface area contributed by atoms with Gasteiger partial charge in [0.1, 0.15) is 11.3 Å². The Hall–Kier alpha value is -3.26. The molecule has 9 heteroatoms. The van der Waals surface area contributed by atoms with Gasteiger partial charge in [0.25, 0.3) is 6.01 Å². The molecule has 2 amide bonds. The second-order valence-corrected chi connectivity index (χ2v) is 7.84. The zero-order valence-electron chi connectivity index (χ0n) is 17.1. The SMILES string of the molecule is COc1ccc(Cl)cc1NC(=O)C(=O)NCC1CCN(c2nc3ccccc3o2)CC1. The van der Waals surface area contributed by atoms with E-state index < -0.39 is 11.8 Å². The normalized spacial score (nSPS) is 14.5. The van der Waals surface area contributed by atoms with Gasteiger partial charge in [0, 0.05) is 24.7 Å². The number of amides is 2. The number of anilines is 2. The van der Waals surface area contributed by atoms with Crippen molar-refractivity contribution in [3.05, 3.63) is 47.5 Å². The van der Waals surface area contributed by atoms with Crippen LogP contribution in [0.2, 0.25) is 5.02 Å². The summed E-state index contributed by atoms with van der Waals surface area (Å²) >= 11 is 5.96. The molecule has 0 radical (unpaired) electrons. The van der Waals surface area contributed by atoms with Crippen LogP contribution in [0.1, 0.15) is 12.8 Å². The van der Waals surface area contributed by atoms with E-state index in [1.165, 1.54) is 13.2 Å². The summed E-state index contributed by atoms with van der Waals surface area (Å²) in [4.78, 5) is 31.1. The fourth-order valence-electron chi connectivity index (χ4n) is 3.60. The highest BCUT2D eigenvalue weighted by Gasteiger charge is 2.24. The number of carbonyl (C=O) groups excluding carboxylic acids is 2. The van der Waals surface area contributed by atoms with E-state index in [0.29, 0.717) is 29.0 Å². The van der Waals surface area contributed by atoms with Crippen molar-refractivity contribution in [2.75, 3.05) is 37.0 Å². The number of rotatable bonds is 5. The minimum absolute atomic E-state index is 0.276. The first-order chi connectivity index (χ1) is 15.0. The third-order valence-corrected chi connectivity index (χ3v) is 5.57. The summed E-state index contributed by atoms with van der Waals surface area (Å²) in [6, 6.07) is 13.1. The number of oxazole rings is 1. The second kappa shape index (κ2) is 9.26. The predicted molar refractivity (Wildman–Crippen MR) is 119 cm³/mol. The van der Waals surface area contributed by atoms with Crippen LogP contribution in [-0.2, 0) is 9.59 Å². The van der Waals surface area contributed by atoms with Gasteiger partial charge in [-0.3, -0.25) is 9.59 Å². The zero-order chi connectivity index (χ0) is 21.8. The number of para-hydroxylation sites is 2. The maximum atomic E-state index is 12.2. The van der Waals surface area contributed by atoms with Crippen LogP contribution in [-0.4, -0.2) is 43.5 Å². The highest BCUT2D eigenvalue weighted by Crippen LogP contribution is 2.28. The number of hydrogen-bond acceptors (Lipinski definition) is 6. The van der Waals surface area contributed by atoms with Gasteiger partial charge in [0.2, 0.25) is 0 Å². The number of piperidine rings is 1. The Labute approximate surface area is 184 Å². The van der Waals surface area contributed by atoms with Crippen LogP contribution in [0.5, 0.6) is 5.75 Å². The van der Waals surface area contributed by atoms with E-state index in [1.807, 2.05) is 24.3 Å². The summed E-state index contributed by atoms with van der Waals surface area (Å²) in [6.45, 7) is 1.98. The van der Waals surface area contributed by atoms with E-state index in [0.717, 1.165) is 37.0 Å². The molecule has 8 nitrogen and oxygen atoms in total. The minimum atomic E-state index is -0.760. The lowest BCUT2D eigenvalue weighted by Crippen LogP contribution is -2.42. The topological polar surface area (TPSA) is 96.7 Å². The van der Waals surface area contributed by atoms with Crippen molar-refractivity contribution < 1.29 is 18.7 Å². The van der Waals surface area contributed by atoms with Crippen molar-refractivity contribution >= 4 is 46.2 Å². The van der Waals surface area contributed by atoms with Crippen molar-refractivity contribution in [2.24, 2.45) is 5.92 Å². The number of methoxy groups -OCH3 is 1. The van der Waals surface area contributed by atoms with E-state index in [1.54, 1.807) is 12.1 Å². The van der Waals surface area contributed by atoms with Gasteiger partial charge < -0.3 is 24.7 Å². The number of fused-ring (bicyclic) bond motifs is 1. The first-order valence-corrected chi connectivity index (χ1v) is 10.4. The lowest BCUT2D eigenvalue weighted by atomic mass is 9.97. The Kier molecular flexibility index (Phi) is 6.27. The Bertz CT molecular complexity index is 1060. The molecular formula is C22H23ClN4O4. The van der Waals surface area contributed by atoms with E-state index in [4.69, 9.17) is 20.8 Å². The molecule has 0 atom stereocenters. The van der Waals surface area contributed by atoms with Crippen LogP contribution in [0.4, 0.5) is 11.7 Å². The van der Waals surface area contributed by atoms with Crippen LogP contribution in [0.15, 0.2) is 46.9 Å². The lowest BCUT2D eigenvalue weighted by Gasteiger charge is -2.30. The molecule has 1 fully saturated rings. The van der Waals surface area contributed by atoms with Crippen LogP contribution in [0, 0.1) is 5.92 Å². The number of nitrogens with zero attached hydrogens (tertiary/aromatic N) is 2. The van der Waals surface area contributed by atoms with Gasteiger partial charge in [-0.1, -0.05) is 23.7 Å². The summed E-state index contributed by atoms with van der Waals surface area (Å²) in [6.07, 6.45) is 1.73. The van der Waals surface area contributed by atoms with Gasteiger partial charge in [-0.25, -0.2) is 0 Å². The fourth-order valence-corrected chi connectivity index (χ4v) is 3.77. The number of benzene rings is 2. The Morgan fingerprint density at radius 3 is 2.71 bits per heavy atom. The average Bonchev–Trinajstić information content (AvgIpc) is 3.22. The van der Waals surface area contributed by atoms with Gasteiger partial charge in [-0.2, -0.15) is 4.98 Å². The first kappa shape index (κ1) is 21.0. The van der Waals surface area contributed by atoms with Gasteiger partial charge in [-0.05, 0) is 49.1 Å². The molecule has 2 N–H and O–H groups in total. The molecular weight excluding hydrogens is 420 g/mol. The molecule has 0 unspecified atom stereocenters. The molecule has 0 spiro atoms. The fraction of sp³-hybridized carbons (Fsp3) is 0.318. The summed E-state index contributed by atoms with van der Waals surface area (Å²) in [5, 5.41) is 5.69. The Morgan fingerprint density at radius 2 is 1.97 bits per heavy atom. The molecule has 1 aromatic heterocycles. The van der Waals surface area contributed by atoms with Crippen LogP contribution < -0.4 is 20.3 Å². The van der Waals surface area contributed by atoms with Crippen molar-refractivity contribution in [3.8, 4) is 5.75 Å². The number of nitrogens with one attached hydrogen (secondary N) is 2. The minimum Gasteiger partial charge on any atom is -0.495 e. The Balaban J connectivity index is 1.26. The van der Waals surface area contributed by atoms with Crippen LogP contribution in [0.3, 0.4) is 0 Å². The number of aromatic nitrogens is 1. The van der Waals surface area contributed by atoms with E-state index in [2.05, 4.69) is 20.5 Å². The molecule has 0 saturated carbocycles. The van der Waals surface area contributed by atoms with E-state index in [9.17, 15) is 9.59 Å². The van der Waals surface area contributed by atoms with Crippen LogP contribution in [0.25, 0.3) is 11.1 Å². The molecule has 2 aromatic carbocycles. The molecule has 3 aromatic rings. The smallest absolute Gasteiger partial charge is 0.313 e. The average molecular weight is 443 g/mol. The molecule has 0 aliphatic carbocycles. The molecule has 1 aliphatic rings. The van der Waals surface area contributed by atoms with Crippen molar-refractivity contribution in [3.63, 3.8) is 0 Å². The van der Waals surface area contributed by atoms with E-state index in [-0.39, 0.29) is 5.92 Å². The maximum absolute atomic E-state index is 12.2. The standard InChI is InChI=1S/C22H23ClN4O4/c1-30-18-7-6-15(23)12-17(18)25-21(29)20(28)24-13-14-8-10-27(11-9-14)22-26-16-4-2-3-5-19(16)31-22/h2-7,12,14H,8-11,13H2,1H3,(H,24,28)(H,25,29). The first-order valence-electron chi connectivity index (χ1n) is 10.1. The highest BCUT2D eigenvalue weighted by molar-refractivity contribution is 6.40. The maximum Gasteiger partial charge on any atom is 0.313 e. The summed E-state index contributed by atoms with van der Waals surface area (Å²) in [5.41, 5.74) is 1.96. The second-order valence-electron chi connectivity index (χ2n) is 7.40. The molecule has 4 rings (SSSR count). The molecule has 0 bridgehead atoms. The molecule has 162 valence electrons. The molecule has 31 heavy (non-hydrogen) atoms. The third kappa shape index (κ3) is 4.91. The monoisotopic (exact) mass is 442 g/mol. The van der Waals surface area contributed by atoms with Gasteiger partial charge in [0.15, 0.2) is 5.58 Å². The van der Waals surface area contributed by atoms with Crippen molar-refractivity contribution in [1.29, 1.82) is 0 Å². The van der Waals surface area contributed by atoms with Crippen LogP contribution >= 0.6 is 11.6 Å². The molecule has 2 heterocycles.